The van der Waals surface area contributed by atoms with Crippen molar-refractivity contribution in [2.45, 2.75) is 31.6 Å². The summed E-state index contributed by atoms with van der Waals surface area (Å²) in [7, 11) is 3.40. The molecule has 2 N–H and O–H groups in total. The quantitative estimate of drug-likeness (QED) is 0.635. The summed E-state index contributed by atoms with van der Waals surface area (Å²) >= 11 is 0. The zero-order valence-electron chi connectivity index (χ0n) is 17.6. The van der Waals surface area contributed by atoms with E-state index < -0.39 is 0 Å². The lowest BCUT2D eigenvalue weighted by molar-refractivity contribution is -0.125. The summed E-state index contributed by atoms with van der Waals surface area (Å²) < 4.78 is 5.31. The Labute approximate surface area is 178 Å². The van der Waals surface area contributed by atoms with E-state index >= 15 is 0 Å². The molecule has 1 aliphatic rings. The molecule has 1 fully saturated rings. The Bertz CT molecular complexity index is 1020. The van der Waals surface area contributed by atoms with Crippen molar-refractivity contribution in [2.24, 2.45) is 0 Å². The second-order valence-corrected chi connectivity index (χ2v) is 7.91. The van der Waals surface area contributed by atoms with Crippen molar-refractivity contribution in [3.05, 3.63) is 77.9 Å². The lowest BCUT2D eigenvalue weighted by Crippen LogP contribution is -2.41. The molecule has 1 aliphatic heterocycles. The zero-order valence-corrected chi connectivity index (χ0v) is 17.6. The molecule has 0 aliphatic carbocycles. The molecule has 0 radical (unpaired) electrons. The molecule has 0 aromatic heterocycles. The number of likely N-dealkylation sites (N-methyl/N-ethyl adjacent to an activating group) is 1. The van der Waals surface area contributed by atoms with E-state index in [1.165, 1.54) is 21.9 Å². The van der Waals surface area contributed by atoms with Gasteiger partial charge in [-0.3, -0.25) is 9.69 Å². The summed E-state index contributed by atoms with van der Waals surface area (Å²) in [6.45, 7) is 2.36. The molecule has 30 heavy (non-hydrogen) atoms. The van der Waals surface area contributed by atoms with Gasteiger partial charge in [0.15, 0.2) is 0 Å². The highest BCUT2D eigenvalue weighted by molar-refractivity contribution is 5.83. The van der Waals surface area contributed by atoms with Crippen molar-refractivity contribution in [2.75, 3.05) is 20.7 Å². The largest absolute Gasteiger partial charge is 0.497 e. The van der Waals surface area contributed by atoms with Crippen LogP contribution in [0.4, 0.5) is 0 Å². The number of likely N-dealkylation sites (tertiary alicyclic amines) is 1. The molecule has 0 spiro atoms. The molecule has 0 bridgehead atoms. The predicted octanol–water partition coefficient (Wildman–Crippen LogP) is 3.33. The maximum absolute atomic E-state index is 12.5. The normalized spacial score (nSPS) is 19.1. The minimum Gasteiger partial charge on any atom is -0.497 e. The number of ether oxygens (including phenoxy) is 1. The Morgan fingerprint density at radius 1 is 1.03 bits per heavy atom. The molecule has 5 nitrogen and oxygen atoms in total. The van der Waals surface area contributed by atoms with Crippen LogP contribution in [0, 0.1) is 0 Å². The Morgan fingerprint density at radius 2 is 1.87 bits per heavy atom. The monoisotopic (exact) mass is 403 g/mol. The molecule has 5 heteroatoms. The number of carbonyl (C=O) groups excluding carboxylic acids is 1. The van der Waals surface area contributed by atoms with Gasteiger partial charge in [-0.1, -0.05) is 48.5 Å². The lowest BCUT2D eigenvalue weighted by atomic mass is 10.1. The van der Waals surface area contributed by atoms with Crippen molar-refractivity contribution in [1.82, 2.24) is 15.5 Å². The van der Waals surface area contributed by atoms with E-state index in [-0.39, 0.29) is 18.0 Å². The van der Waals surface area contributed by atoms with Crippen LogP contribution in [-0.2, 0) is 17.9 Å². The average molecular weight is 404 g/mol. The number of rotatable bonds is 7. The number of carbonyl (C=O) groups is 1. The molecule has 2 atom stereocenters. The number of nitrogens with one attached hydrogen (secondary N) is 2. The molecule has 156 valence electrons. The first-order valence-electron chi connectivity index (χ1n) is 10.5. The fourth-order valence-electron chi connectivity index (χ4n) is 4.28. The number of hydrogen-bond donors (Lipinski definition) is 2. The van der Waals surface area contributed by atoms with E-state index in [1.54, 1.807) is 14.2 Å². The van der Waals surface area contributed by atoms with E-state index in [0.29, 0.717) is 0 Å². The number of amides is 1. The Morgan fingerprint density at radius 3 is 2.67 bits per heavy atom. The number of nitrogens with zero attached hydrogens (tertiary/aromatic N) is 1. The van der Waals surface area contributed by atoms with Crippen molar-refractivity contribution in [1.29, 1.82) is 0 Å². The van der Waals surface area contributed by atoms with E-state index in [2.05, 4.69) is 64.1 Å². The van der Waals surface area contributed by atoms with Crippen LogP contribution in [0.3, 0.4) is 0 Å². The Balaban J connectivity index is 1.44. The van der Waals surface area contributed by atoms with Crippen LogP contribution in [-0.4, -0.2) is 43.6 Å². The fourth-order valence-corrected chi connectivity index (χ4v) is 4.28. The lowest BCUT2D eigenvalue weighted by Gasteiger charge is -2.23. The highest BCUT2D eigenvalue weighted by Gasteiger charge is 2.36. The third-order valence-corrected chi connectivity index (χ3v) is 5.88. The second-order valence-electron chi connectivity index (χ2n) is 7.91. The average Bonchev–Trinajstić information content (AvgIpc) is 3.19. The van der Waals surface area contributed by atoms with Crippen molar-refractivity contribution in [3.8, 4) is 5.75 Å². The van der Waals surface area contributed by atoms with E-state index in [9.17, 15) is 4.79 Å². The SMILES string of the molecule is CNC(=O)[C@@H]1C[C@@H](NCc2cccc(OC)c2)CN1Cc1ccc2ccccc2c1. The van der Waals surface area contributed by atoms with Gasteiger partial charge in [-0.25, -0.2) is 0 Å². The summed E-state index contributed by atoms with van der Waals surface area (Å²) in [4.78, 5) is 14.8. The molecular weight excluding hydrogens is 374 g/mol. The first-order chi connectivity index (χ1) is 14.7. The van der Waals surface area contributed by atoms with Gasteiger partial charge < -0.3 is 15.4 Å². The molecule has 1 heterocycles. The van der Waals surface area contributed by atoms with E-state index in [4.69, 9.17) is 4.74 Å². The van der Waals surface area contributed by atoms with Crippen molar-refractivity contribution in [3.63, 3.8) is 0 Å². The minimum absolute atomic E-state index is 0.0847. The molecular formula is C25H29N3O2. The van der Waals surface area contributed by atoms with Gasteiger partial charge in [0.1, 0.15) is 5.75 Å². The van der Waals surface area contributed by atoms with Gasteiger partial charge in [-0.2, -0.15) is 0 Å². The Hall–Kier alpha value is -2.89. The van der Waals surface area contributed by atoms with Crippen molar-refractivity contribution >= 4 is 16.7 Å². The van der Waals surface area contributed by atoms with E-state index in [1.807, 2.05) is 18.2 Å². The summed E-state index contributed by atoms with van der Waals surface area (Å²) in [5, 5.41) is 8.94. The van der Waals surface area contributed by atoms with Gasteiger partial charge in [0, 0.05) is 32.7 Å². The van der Waals surface area contributed by atoms with Gasteiger partial charge in [0.25, 0.3) is 0 Å². The number of hydrogen-bond acceptors (Lipinski definition) is 4. The topological polar surface area (TPSA) is 53.6 Å². The van der Waals surface area contributed by atoms with Crippen LogP contribution in [0.25, 0.3) is 10.8 Å². The van der Waals surface area contributed by atoms with Crippen LogP contribution in [0.5, 0.6) is 5.75 Å². The maximum Gasteiger partial charge on any atom is 0.237 e. The maximum atomic E-state index is 12.5. The van der Waals surface area contributed by atoms with Crippen LogP contribution in [0.2, 0.25) is 0 Å². The van der Waals surface area contributed by atoms with Gasteiger partial charge in [-0.15, -0.1) is 0 Å². The second kappa shape index (κ2) is 9.28. The van der Waals surface area contributed by atoms with Gasteiger partial charge >= 0.3 is 0 Å². The summed E-state index contributed by atoms with van der Waals surface area (Å²) in [5.74, 6) is 0.948. The first-order valence-corrected chi connectivity index (χ1v) is 10.5. The zero-order chi connectivity index (χ0) is 20.9. The van der Waals surface area contributed by atoms with Crippen molar-refractivity contribution < 1.29 is 9.53 Å². The molecule has 1 saturated heterocycles. The summed E-state index contributed by atoms with van der Waals surface area (Å²) in [6, 6.07) is 23.2. The third kappa shape index (κ3) is 4.64. The van der Waals surface area contributed by atoms with Gasteiger partial charge in [-0.05, 0) is 46.5 Å². The number of benzene rings is 3. The molecule has 0 saturated carbocycles. The highest BCUT2D eigenvalue weighted by atomic mass is 16.5. The van der Waals surface area contributed by atoms with Crippen LogP contribution in [0.1, 0.15) is 17.5 Å². The first kappa shape index (κ1) is 20.4. The molecule has 1 amide bonds. The predicted molar refractivity (Wildman–Crippen MR) is 120 cm³/mol. The number of fused-ring (bicyclic) bond motifs is 1. The van der Waals surface area contributed by atoms with Crippen LogP contribution >= 0.6 is 0 Å². The molecule has 3 aromatic rings. The molecule has 0 unspecified atom stereocenters. The standard InChI is InChI=1S/C25H29N3O2/c1-26-25(29)24-14-22(27-15-18-6-5-9-23(13-18)30-2)17-28(24)16-19-10-11-20-7-3-4-8-21(20)12-19/h3-13,22,24,27H,14-17H2,1-2H3,(H,26,29)/t22-,24+/m1/s1. The number of methoxy groups -OCH3 is 1. The van der Waals surface area contributed by atoms with E-state index in [0.717, 1.165) is 31.8 Å². The third-order valence-electron chi connectivity index (χ3n) is 5.88. The van der Waals surface area contributed by atoms with Crippen LogP contribution in [0.15, 0.2) is 66.7 Å². The highest BCUT2D eigenvalue weighted by Crippen LogP contribution is 2.24. The molecule has 4 rings (SSSR count). The summed E-state index contributed by atoms with van der Waals surface area (Å²) in [5.41, 5.74) is 2.41. The van der Waals surface area contributed by atoms with Gasteiger partial charge in [0.05, 0.1) is 13.2 Å². The van der Waals surface area contributed by atoms with Crippen LogP contribution < -0.4 is 15.4 Å². The van der Waals surface area contributed by atoms with Gasteiger partial charge in [0.2, 0.25) is 5.91 Å². The Kier molecular flexibility index (Phi) is 6.31. The molecule has 3 aromatic carbocycles. The smallest absolute Gasteiger partial charge is 0.237 e. The minimum atomic E-state index is -0.121. The summed E-state index contributed by atoms with van der Waals surface area (Å²) in [6.07, 6.45) is 0.803. The fraction of sp³-hybridized carbons (Fsp3) is 0.320.